The van der Waals surface area contributed by atoms with Crippen LogP contribution >= 0.6 is 11.8 Å². The van der Waals surface area contributed by atoms with E-state index in [0.717, 1.165) is 6.42 Å². The Hall–Kier alpha value is -1.60. The standard InChI is InChI=1S/C20H27NO5S/c1-12-5-10-16-17(11-12)26-19(27-20(16,3)4)13(2)25-18(22)14-6-8-15(9-7-14)21(23)24/h6-9,12-13,16-17,19H,5,10-11H2,1-4H3. The van der Waals surface area contributed by atoms with E-state index in [4.69, 9.17) is 9.47 Å². The molecule has 0 N–H and O–H groups in total. The van der Waals surface area contributed by atoms with Gasteiger partial charge in [0.1, 0.15) is 11.5 Å². The molecule has 27 heavy (non-hydrogen) atoms. The largest absolute Gasteiger partial charge is 0.455 e. The highest BCUT2D eigenvalue weighted by molar-refractivity contribution is 8.01. The second kappa shape index (κ2) is 7.80. The number of nitro groups is 1. The fraction of sp³-hybridized carbons (Fsp3) is 0.650. The molecule has 0 radical (unpaired) electrons. The molecule has 2 aliphatic rings. The minimum Gasteiger partial charge on any atom is -0.455 e. The number of benzene rings is 1. The molecule has 1 saturated heterocycles. The summed E-state index contributed by atoms with van der Waals surface area (Å²) in [4.78, 5) is 22.7. The predicted octanol–water partition coefficient (Wildman–Crippen LogP) is 4.81. The van der Waals surface area contributed by atoms with Crippen LogP contribution in [0.25, 0.3) is 0 Å². The molecular weight excluding hydrogens is 366 g/mol. The van der Waals surface area contributed by atoms with Crippen LogP contribution in [0.15, 0.2) is 24.3 Å². The van der Waals surface area contributed by atoms with Crippen LogP contribution in [-0.2, 0) is 9.47 Å². The fourth-order valence-electron chi connectivity index (χ4n) is 4.08. The molecule has 7 heteroatoms. The van der Waals surface area contributed by atoms with E-state index < -0.39 is 17.0 Å². The Morgan fingerprint density at radius 1 is 1.33 bits per heavy atom. The van der Waals surface area contributed by atoms with Gasteiger partial charge in [0.25, 0.3) is 5.69 Å². The first-order chi connectivity index (χ1) is 12.7. The van der Waals surface area contributed by atoms with E-state index in [-0.39, 0.29) is 22.0 Å². The van der Waals surface area contributed by atoms with Crippen molar-refractivity contribution in [3.8, 4) is 0 Å². The Kier molecular flexibility index (Phi) is 5.82. The van der Waals surface area contributed by atoms with Gasteiger partial charge in [-0.05, 0) is 43.7 Å². The van der Waals surface area contributed by atoms with Crippen molar-refractivity contribution in [2.75, 3.05) is 0 Å². The highest BCUT2D eigenvalue weighted by atomic mass is 32.2. The Morgan fingerprint density at radius 2 is 2.00 bits per heavy atom. The van der Waals surface area contributed by atoms with E-state index in [1.54, 1.807) is 11.8 Å². The maximum absolute atomic E-state index is 12.4. The van der Waals surface area contributed by atoms with Gasteiger partial charge in [-0.3, -0.25) is 10.1 Å². The number of ether oxygens (including phenoxy) is 2. The van der Waals surface area contributed by atoms with Crippen molar-refractivity contribution < 1.29 is 19.2 Å². The number of rotatable bonds is 4. The van der Waals surface area contributed by atoms with Crippen LogP contribution in [0.2, 0.25) is 0 Å². The maximum atomic E-state index is 12.4. The number of fused-ring (bicyclic) bond motifs is 1. The fourth-order valence-corrected chi connectivity index (χ4v) is 5.57. The smallest absolute Gasteiger partial charge is 0.338 e. The minimum absolute atomic E-state index is 0.0509. The third kappa shape index (κ3) is 4.46. The number of nitro benzene ring substituents is 1. The number of hydrogen-bond acceptors (Lipinski definition) is 6. The van der Waals surface area contributed by atoms with Gasteiger partial charge in [0.2, 0.25) is 0 Å². The van der Waals surface area contributed by atoms with Crippen molar-refractivity contribution in [1.29, 1.82) is 0 Å². The number of hydrogen-bond donors (Lipinski definition) is 0. The van der Waals surface area contributed by atoms with Crippen molar-refractivity contribution in [3.05, 3.63) is 39.9 Å². The molecule has 0 spiro atoms. The van der Waals surface area contributed by atoms with E-state index in [1.807, 2.05) is 6.92 Å². The molecule has 1 aliphatic carbocycles. The van der Waals surface area contributed by atoms with Crippen LogP contribution in [0.3, 0.4) is 0 Å². The van der Waals surface area contributed by atoms with Gasteiger partial charge in [-0.15, -0.1) is 11.8 Å². The molecule has 0 bridgehead atoms. The van der Waals surface area contributed by atoms with Gasteiger partial charge in [0.15, 0.2) is 0 Å². The molecule has 0 aromatic heterocycles. The zero-order chi connectivity index (χ0) is 19.8. The summed E-state index contributed by atoms with van der Waals surface area (Å²) in [5, 5.41) is 10.7. The monoisotopic (exact) mass is 393 g/mol. The van der Waals surface area contributed by atoms with E-state index in [9.17, 15) is 14.9 Å². The van der Waals surface area contributed by atoms with Crippen LogP contribution in [0, 0.1) is 22.0 Å². The summed E-state index contributed by atoms with van der Waals surface area (Å²) < 4.78 is 12.0. The first-order valence-electron chi connectivity index (χ1n) is 9.46. The van der Waals surface area contributed by atoms with Crippen LogP contribution in [-0.4, -0.2) is 33.3 Å². The Morgan fingerprint density at radius 3 is 2.63 bits per heavy atom. The van der Waals surface area contributed by atoms with Gasteiger partial charge in [0.05, 0.1) is 16.6 Å². The van der Waals surface area contributed by atoms with Crippen molar-refractivity contribution in [2.45, 2.75) is 69.3 Å². The highest BCUT2D eigenvalue weighted by Gasteiger charge is 2.48. The van der Waals surface area contributed by atoms with E-state index in [0.29, 0.717) is 17.4 Å². The predicted molar refractivity (Wildman–Crippen MR) is 105 cm³/mol. The van der Waals surface area contributed by atoms with Gasteiger partial charge in [0, 0.05) is 16.9 Å². The SMILES string of the molecule is CC1CCC2C(C1)OC(C(C)OC(=O)c1ccc([N+](=O)[O-])cc1)SC2(C)C. The molecule has 148 valence electrons. The summed E-state index contributed by atoms with van der Waals surface area (Å²) in [6, 6.07) is 5.46. The molecule has 1 aliphatic heterocycles. The topological polar surface area (TPSA) is 78.7 Å². The highest BCUT2D eigenvalue weighted by Crippen LogP contribution is 2.51. The van der Waals surface area contributed by atoms with Gasteiger partial charge in [-0.1, -0.05) is 27.2 Å². The van der Waals surface area contributed by atoms with Crippen molar-refractivity contribution in [2.24, 2.45) is 11.8 Å². The number of non-ortho nitro benzene ring substituents is 1. The molecule has 5 unspecified atom stereocenters. The van der Waals surface area contributed by atoms with Crippen LogP contribution in [0.1, 0.15) is 57.3 Å². The molecule has 3 rings (SSSR count). The molecule has 2 fully saturated rings. The normalized spacial score (nSPS) is 30.8. The molecule has 1 heterocycles. The second-order valence-electron chi connectivity index (χ2n) is 8.20. The number of carbonyl (C=O) groups is 1. The third-order valence-corrected chi connectivity index (χ3v) is 7.30. The zero-order valence-corrected chi connectivity index (χ0v) is 17.0. The van der Waals surface area contributed by atoms with Gasteiger partial charge < -0.3 is 9.47 Å². The number of esters is 1. The maximum Gasteiger partial charge on any atom is 0.338 e. The Labute approximate surface area is 164 Å². The van der Waals surface area contributed by atoms with Gasteiger partial charge >= 0.3 is 5.97 Å². The van der Waals surface area contributed by atoms with Crippen LogP contribution in [0.5, 0.6) is 0 Å². The van der Waals surface area contributed by atoms with Gasteiger partial charge in [-0.2, -0.15) is 0 Å². The molecule has 5 atom stereocenters. The number of thioether (sulfide) groups is 1. The first kappa shape index (κ1) is 20.1. The molecule has 6 nitrogen and oxygen atoms in total. The average molecular weight is 394 g/mol. The lowest BCUT2D eigenvalue weighted by Gasteiger charge is -2.50. The summed E-state index contributed by atoms with van der Waals surface area (Å²) in [5.74, 6) is 0.690. The van der Waals surface area contributed by atoms with Crippen molar-refractivity contribution in [3.63, 3.8) is 0 Å². The lowest BCUT2D eigenvalue weighted by Crippen LogP contribution is -2.51. The average Bonchev–Trinajstić information content (AvgIpc) is 2.60. The van der Waals surface area contributed by atoms with Crippen LogP contribution in [0.4, 0.5) is 5.69 Å². The minimum atomic E-state index is -0.492. The third-order valence-electron chi connectivity index (χ3n) is 5.67. The Bertz CT molecular complexity index is 705. The molecule has 1 aromatic carbocycles. The summed E-state index contributed by atoms with van der Waals surface area (Å²) in [7, 11) is 0. The zero-order valence-electron chi connectivity index (χ0n) is 16.2. The molecule has 1 saturated carbocycles. The van der Waals surface area contributed by atoms with E-state index in [2.05, 4.69) is 20.8 Å². The Balaban J connectivity index is 1.65. The number of carbonyl (C=O) groups excluding carboxylic acids is 1. The summed E-state index contributed by atoms with van der Waals surface area (Å²) in [6.45, 7) is 8.63. The van der Waals surface area contributed by atoms with E-state index >= 15 is 0 Å². The second-order valence-corrected chi connectivity index (χ2v) is 9.96. The lowest BCUT2D eigenvalue weighted by atomic mass is 9.75. The molecular formula is C20H27NO5S. The first-order valence-corrected chi connectivity index (χ1v) is 10.3. The molecule has 0 amide bonds. The quantitative estimate of drug-likeness (QED) is 0.415. The lowest BCUT2D eigenvalue weighted by molar-refractivity contribution is -0.384. The van der Waals surface area contributed by atoms with Crippen molar-refractivity contribution in [1.82, 2.24) is 0 Å². The summed E-state index contributed by atoms with van der Waals surface area (Å²) >= 11 is 1.74. The molecule has 1 aromatic rings. The number of nitrogens with zero attached hydrogens (tertiary/aromatic N) is 1. The summed E-state index contributed by atoms with van der Waals surface area (Å²) in [6.07, 6.45) is 3.26. The van der Waals surface area contributed by atoms with E-state index in [1.165, 1.54) is 37.1 Å². The van der Waals surface area contributed by atoms with Crippen LogP contribution < -0.4 is 0 Å². The summed E-state index contributed by atoms with van der Waals surface area (Å²) in [5.41, 5.74) is 0.0372. The van der Waals surface area contributed by atoms with Gasteiger partial charge in [-0.25, -0.2) is 4.79 Å². The van der Waals surface area contributed by atoms with Crippen molar-refractivity contribution >= 4 is 23.4 Å².